The van der Waals surface area contributed by atoms with Gasteiger partial charge in [0.1, 0.15) is 12.1 Å². The van der Waals surface area contributed by atoms with Crippen LogP contribution in [-0.4, -0.2) is 116 Å². The topological polar surface area (TPSA) is 238 Å². The van der Waals surface area contributed by atoms with Gasteiger partial charge in [-0.2, -0.15) is 0 Å². The molecule has 8 N–H and O–H groups in total. The number of carbonyl (C=O) groups is 6. The van der Waals surface area contributed by atoms with Crippen LogP contribution in [0.3, 0.4) is 0 Å². The van der Waals surface area contributed by atoms with E-state index in [2.05, 4.69) is 24.5 Å². The molecule has 0 bridgehead atoms. The van der Waals surface area contributed by atoms with E-state index in [0.29, 0.717) is 25.9 Å². The van der Waals surface area contributed by atoms with Gasteiger partial charge >= 0.3 is 0 Å². The summed E-state index contributed by atoms with van der Waals surface area (Å²) in [5.74, 6) is -3.72. The van der Waals surface area contributed by atoms with E-state index < -0.39 is 35.7 Å². The Morgan fingerprint density at radius 3 is 1.24 bits per heavy atom. The van der Waals surface area contributed by atoms with Crippen molar-refractivity contribution < 1.29 is 49.4 Å². The number of nitrogens with zero attached hydrogens (tertiary/aromatic N) is 2. The van der Waals surface area contributed by atoms with Gasteiger partial charge in [-0.15, -0.1) is 0 Å². The largest absolute Gasteiger partial charge is 0.394 e. The monoisotopic (exact) mass is 771 g/mol. The average Bonchev–Trinajstić information content (AvgIpc) is 3.84. The summed E-state index contributed by atoms with van der Waals surface area (Å²) in [7, 11) is 0. The van der Waals surface area contributed by atoms with Crippen LogP contribution in [0.4, 0.5) is 0 Å². The third-order valence-corrected chi connectivity index (χ3v) is 10.4. The minimum Gasteiger partial charge on any atom is -0.394 e. The van der Waals surface area contributed by atoms with Crippen LogP contribution in [0.25, 0.3) is 0 Å². The zero-order valence-corrected chi connectivity index (χ0v) is 33.5. The molecule has 0 spiro atoms. The minimum absolute atomic E-state index is 0.0825. The Balaban J connectivity index is 0.000000540. The van der Waals surface area contributed by atoms with Crippen molar-refractivity contribution in [1.82, 2.24) is 31.4 Å². The maximum Gasteiger partial charge on any atom is 0.245 e. The highest BCUT2D eigenvalue weighted by Gasteiger charge is 2.37. The lowest BCUT2D eigenvalue weighted by atomic mass is 9.94. The van der Waals surface area contributed by atoms with Crippen molar-refractivity contribution in [3.8, 4) is 0 Å². The average molecular weight is 771 g/mol. The van der Waals surface area contributed by atoms with Gasteiger partial charge in [-0.3, -0.25) is 39.2 Å². The quantitative estimate of drug-likeness (QED) is 0.0455. The normalized spacial score (nSPS) is 19.0. The molecule has 16 heteroatoms. The van der Waals surface area contributed by atoms with Gasteiger partial charge in [-0.1, -0.05) is 80.1 Å². The first-order valence-corrected chi connectivity index (χ1v) is 20.0. The van der Waals surface area contributed by atoms with Gasteiger partial charge in [0, 0.05) is 37.8 Å². The fourth-order valence-corrected chi connectivity index (χ4v) is 7.03. The lowest BCUT2D eigenvalue weighted by Crippen LogP contribution is -2.54. The van der Waals surface area contributed by atoms with E-state index in [0.717, 1.165) is 64.2 Å². The predicted octanol–water partition coefficient (Wildman–Crippen LogP) is 2.41. The zero-order valence-electron chi connectivity index (χ0n) is 33.5. The van der Waals surface area contributed by atoms with E-state index >= 15 is 0 Å². The van der Waals surface area contributed by atoms with Gasteiger partial charge in [0.05, 0.1) is 25.3 Å². The van der Waals surface area contributed by atoms with E-state index in [4.69, 9.17) is 10.4 Å². The number of unbranched alkanes of at least 4 members (excludes halogenated alkanes) is 4. The van der Waals surface area contributed by atoms with Gasteiger partial charge in [0.2, 0.25) is 35.4 Å². The van der Waals surface area contributed by atoms with Crippen molar-refractivity contribution in [3.05, 3.63) is 0 Å². The summed E-state index contributed by atoms with van der Waals surface area (Å²) < 4.78 is 0. The van der Waals surface area contributed by atoms with Gasteiger partial charge in [0.15, 0.2) is 0 Å². The second-order valence-corrected chi connectivity index (χ2v) is 15.3. The predicted molar refractivity (Wildman–Crippen MR) is 202 cm³/mol. The van der Waals surface area contributed by atoms with E-state index in [1.54, 1.807) is 20.8 Å². The number of amides is 6. The first kappa shape index (κ1) is 48.7. The van der Waals surface area contributed by atoms with E-state index in [1.807, 2.05) is 27.7 Å². The Hall–Kier alpha value is -3.34. The van der Waals surface area contributed by atoms with Crippen LogP contribution in [0, 0.1) is 23.7 Å². The number of carbonyl (C=O) groups excluding carboxylic acids is 6. The van der Waals surface area contributed by atoms with Gasteiger partial charge in [-0.25, -0.2) is 11.0 Å². The smallest absolute Gasteiger partial charge is 0.245 e. The second-order valence-electron chi connectivity index (χ2n) is 15.3. The Morgan fingerprint density at radius 1 is 0.611 bits per heavy atom. The molecular weight excluding hydrogens is 700 g/mol. The van der Waals surface area contributed by atoms with Crippen LogP contribution in [0.2, 0.25) is 0 Å². The van der Waals surface area contributed by atoms with Crippen LogP contribution >= 0.6 is 0 Å². The minimum atomic E-state index is -0.699. The first-order chi connectivity index (χ1) is 25.7. The number of nitrogens with one attached hydrogen (secondary N) is 4. The van der Waals surface area contributed by atoms with Crippen LogP contribution in [0.5, 0.6) is 0 Å². The summed E-state index contributed by atoms with van der Waals surface area (Å²) in [4.78, 5) is 77.9. The van der Waals surface area contributed by atoms with Crippen molar-refractivity contribution in [2.75, 3.05) is 26.3 Å². The molecule has 54 heavy (non-hydrogen) atoms. The number of rotatable bonds is 22. The fraction of sp³-hybridized carbons (Fsp3) is 0.842. The first-order valence-electron chi connectivity index (χ1n) is 20.0. The number of aliphatic hydroxyl groups is 2. The summed E-state index contributed by atoms with van der Waals surface area (Å²) >= 11 is 0. The molecule has 5 unspecified atom stereocenters. The molecule has 2 aliphatic heterocycles. The number of hydrogen-bond acceptors (Lipinski definition) is 10. The molecule has 16 nitrogen and oxygen atoms in total. The number of aliphatic hydroxyl groups excluding tert-OH is 2. The van der Waals surface area contributed by atoms with E-state index in [9.17, 15) is 39.0 Å². The number of likely N-dealkylation sites (tertiary alicyclic amines) is 2. The maximum absolute atomic E-state index is 12.9. The molecule has 2 saturated heterocycles. The summed E-state index contributed by atoms with van der Waals surface area (Å²) in [5, 5.41) is 42.1. The molecule has 0 saturated carbocycles. The third kappa shape index (κ3) is 16.2. The molecule has 2 aliphatic rings. The highest BCUT2D eigenvalue weighted by atomic mass is 16.5. The Labute approximate surface area is 321 Å². The van der Waals surface area contributed by atoms with E-state index in [1.165, 1.54) is 0 Å². The Kier molecular flexibility index (Phi) is 23.9. The second kappa shape index (κ2) is 26.5. The number of hydrogen-bond donors (Lipinski definition) is 8. The molecule has 0 aliphatic carbocycles. The van der Waals surface area contributed by atoms with Crippen LogP contribution in [0.1, 0.15) is 131 Å². The molecule has 2 heterocycles. The Bertz CT molecular complexity index is 1080. The Morgan fingerprint density at radius 2 is 0.963 bits per heavy atom. The van der Waals surface area contributed by atoms with Crippen molar-refractivity contribution in [2.24, 2.45) is 23.7 Å². The molecule has 0 aromatic heterocycles. The SMILES string of the molecule is CCCCCC(CC(=O)NO)C(=O)NC(C(=O)N1CCCC1CO)C(C)C.CCCCC[C@H](CC(=O)NO)C(=O)NC(C(=O)N1CCCC1CO)C(C)C. The van der Waals surface area contributed by atoms with Crippen LogP contribution in [-0.2, 0) is 28.8 Å². The highest BCUT2D eigenvalue weighted by molar-refractivity contribution is 5.92. The molecular formula is C38H70N6O10. The molecule has 0 aromatic rings. The molecule has 0 aromatic carbocycles. The van der Waals surface area contributed by atoms with Crippen molar-refractivity contribution in [3.63, 3.8) is 0 Å². The molecule has 312 valence electrons. The highest BCUT2D eigenvalue weighted by Crippen LogP contribution is 2.23. The lowest BCUT2D eigenvalue weighted by Gasteiger charge is -2.31. The summed E-state index contributed by atoms with van der Waals surface area (Å²) in [6, 6.07) is -1.79. The standard InChI is InChI=1S/2C19H35N3O5/c2*1-4-5-6-8-14(11-16(24)21-27)18(25)20-17(13(2)3)19(26)22-10-7-9-15(22)12-23/h2*13-15,17,23,27H,4-12H2,1-3H3,(H,20,25)(H,21,24)/t14-,15?,17?;/m1./s1. The summed E-state index contributed by atoms with van der Waals surface area (Å²) in [5.41, 5.74) is 3.15. The molecule has 2 fully saturated rings. The molecule has 6 atom stereocenters. The third-order valence-electron chi connectivity index (χ3n) is 10.4. The van der Waals surface area contributed by atoms with E-state index in [-0.39, 0.29) is 73.6 Å². The van der Waals surface area contributed by atoms with Crippen molar-refractivity contribution >= 4 is 35.4 Å². The fourth-order valence-electron chi connectivity index (χ4n) is 7.03. The van der Waals surface area contributed by atoms with Crippen LogP contribution < -0.4 is 21.6 Å². The zero-order chi connectivity index (χ0) is 40.8. The van der Waals surface area contributed by atoms with Gasteiger partial charge in [0.25, 0.3) is 0 Å². The summed E-state index contributed by atoms with van der Waals surface area (Å²) in [6.07, 6.45) is 9.49. The van der Waals surface area contributed by atoms with Crippen molar-refractivity contribution in [1.29, 1.82) is 0 Å². The van der Waals surface area contributed by atoms with Crippen molar-refractivity contribution in [2.45, 2.75) is 156 Å². The van der Waals surface area contributed by atoms with Crippen LogP contribution in [0.15, 0.2) is 0 Å². The van der Waals surface area contributed by atoms with Gasteiger partial charge < -0.3 is 30.6 Å². The summed E-state index contributed by atoms with van der Waals surface area (Å²) in [6.45, 7) is 12.5. The molecule has 6 amide bonds. The number of hydroxylamine groups is 2. The molecule has 0 radical (unpaired) electrons. The van der Waals surface area contributed by atoms with Gasteiger partial charge in [-0.05, 0) is 50.4 Å². The maximum atomic E-state index is 12.9. The lowest BCUT2D eigenvalue weighted by molar-refractivity contribution is -0.141. The molecule has 2 rings (SSSR count).